The van der Waals surface area contributed by atoms with Crippen molar-refractivity contribution in [1.29, 1.82) is 0 Å². The highest BCUT2D eigenvalue weighted by Gasteiger charge is 2.61. The third kappa shape index (κ3) is 2.58. The molecule has 2 amide bonds. The molecule has 3 aliphatic carbocycles. The molecule has 0 N–H and O–H groups in total. The number of carbonyl (C=O) groups is 2. The molecule has 4 heteroatoms. The van der Waals surface area contributed by atoms with E-state index in [1.165, 1.54) is 28.5 Å². The van der Waals surface area contributed by atoms with Crippen LogP contribution in [0.3, 0.4) is 0 Å². The Morgan fingerprint density at radius 1 is 0.645 bits per heavy atom. The van der Waals surface area contributed by atoms with Gasteiger partial charge in [0, 0.05) is 18.1 Å². The van der Waals surface area contributed by atoms with E-state index < -0.39 is 11.8 Å². The van der Waals surface area contributed by atoms with Crippen molar-refractivity contribution in [3.63, 3.8) is 0 Å². The van der Waals surface area contributed by atoms with Crippen LogP contribution in [0.25, 0.3) is 6.08 Å². The zero-order chi connectivity index (χ0) is 20.9. The van der Waals surface area contributed by atoms with E-state index in [4.69, 9.17) is 0 Å². The third-order valence-corrected chi connectivity index (χ3v) is 6.78. The molecule has 1 saturated heterocycles. The first kappa shape index (κ1) is 18.0. The van der Waals surface area contributed by atoms with Crippen molar-refractivity contribution in [1.82, 2.24) is 5.01 Å². The van der Waals surface area contributed by atoms with Crippen molar-refractivity contribution in [2.75, 3.05) is 0 Å². The van der Waals surface area contributed by atoms with Gasteiger partial charge < -0.3 is 0 Å². The fraction of sp³-hybridized carbons (Fsp3) is 0.148. The fourth-order valence-corrected chi connectivity index (χ4v) is 5.60. The SMILES string of the molecule is O=C1[C@@H]2C3c4ccccc4C(c4ccccc43)[C@H]2C(=O)N1/N=C\C=C\c1ccccc1. The molecular formula is C27H20N2O2. The van der Waals surface area contributed by atoms with Crippen LogP contribution in [0.2, 0.25) is 0 Å². The molecule has 2 bridgehead atoms. The number of benzene rings is 3. The van der Waals surface area contributed by atoms with E-state index in [2.05, 4.69) is 29.4 Å². The second kappa shape index (κ2) is 6.88. The predicted molar refractivity (Wildman–Crippen MR) is 119 cm³/mol. The summed E-state index contributed by atoms with van der Waals surface area (Å²) in [5, 5.41) is 5.37. The van der Waals surface area contributed by atoms with Crippen LogP contribution in [0, 0.1) is 11.8 Å². The Hall–Kier alpha value is -3.79. The molecule has 0 spiro atoms. The minimum absolute atomic E-state index is 0.0982. The average Bonchev–Trinajstić information content (AvgIpc) is 3.08. The van der Waals surface area contributed by atoms with Gasteiger partial charge in [0.2, 0.25) is 0 Å². The molecule has 4 aliphatic rings. The Balaban J connectivity index is 1.37. The Morgan fingerprint density at radius 2 is 1.10 bits per heavy atom. The summed E-state index contributed by atoms with van der Waals surface area (Å²) in [4.78, 5) is 26.8. The van der Waals surface area contributed by atoms with Gasteiger partial charge in [-0.2, -0.15) is 10.1 Å². The van der Waals surface area contributed by atoms with Gasteiger partial charge >= 0.3 is 0 Å². The van der Waals surface area contributed by atoms with Crippen LogP contribution in [0.1, 0.15) is 39.7 Å². The standard InChI is InChI=1S/C27H20N2O2/c30-26-24-22-18-12-4-5-13-19(18)23(21-15-7-6-14-20(21)22)25(24)27(31)29(26)28-16-8-11-17-9-2-1-3-10-17/h1-16,22-25H/b11-8+,28-16-/t22?,23?,24-,25-/m1/s1. The molecule has 3 aromatic carbocycles. The third-order valence-electron chi connectivity index (χ3n) is 6.78. The minimum Gasteiger partial charge on any atom is -0.272 e. The topological polar surface area (TPSA) is 49.7 Å². The summed E-state index contributed by atoms with van der Waals surface area (Å²) >= 11 is 0. The monoisotopic (exact) mass is 404 g/mol. The van der Waals surface area contributed by atoms with Crippen LogP contribution in [0.5, 0.6) is 0 Å². The second-order valence-corrected chi connectivity index (χ2v) is 8.29. The van der Waals surface area contributed by atoms with Crippen LogP contribution in [0.4, 0.5) is 0 Å². The number of carbonyl (C=O) groups excluding carboxylic acids is 2. The Bertz CT molecular complexity index is 1150. The van der Waals surface area contributed by atoms with Crippen molar-refractivity contribution in [3.8, 4) is 0 Å². The van der Waals surface area contributed by atoms with Gasteiger partial charge in [0.1, 0.15) is 0 Å². The Kier molecular flexibility index (Phi) is 4.00. The van der Waals surface area contributed by atoms with Gasteiger partial charge in [-0.3, -0.25) is 9.59 Å². The van der Waals surface area contributed by atoms with Crippen LogP contribution in [-0.4, -0.2) is 23.0 Å². The van der Waals surface area contributed by atoms with Crippen LogP contribution in [0.15, 0.2) is 90.0 Å². The quantitative estimate of drug-likeness (QED) is 0.474. The lowest BCUT2D eigenvalue weighted by Crippen LogP contribution is -2.41. The molecule has 7 rings (SSSR count). The molecule has 1 heterocycles. The van der Waals surface area contributed by atoms with Gasteiger partial charge in [0.15, 0.2) is 0 Å². The first-order valence-electron chi connectivity index (χ1n) is 10.6. The lowest BCUT2D eigenvalue weighted by Gasteiger charge is -2.45. The van der Waals surface area contributed by atoms with Gasteiger partial charge in [0.05, 0.1) is 11.8 Å². The highest BCUT2D eigenvalue weighted by atomic mass is 16.2. The van der Waals surface area contributed by atoms with Crippen LogP contribution >= 0.6 is 0 Å². The molecule has 0 aromatic heterocycles. The summed E-state index contributed by atoms with van der Waals surface area (Å²) in [7, 11) is 0. The van der Waals surface area contributed by atoms with E-state index in [0.717, 1.165) is 10.6 Å². The number of hydrogen-bond donors (Lipinski definition) is 0. The van der Waals surface area contributed by atoms with E-state index in [1.54, 1.807) is 6.08 Å². The highest BCUT2D eigenvalue weighted by Crippen LogP contribution is 2.60. The molecule has 0 saturated carbocycles. The lowest BCUT2D eigenvalue weighted by atomic mass is 9.55. The molecule has 1 fully saturated rings. The largest absolute Gasteiger partial charge is 0.272 e. The second-order valence-electron chi connectivity index (χ2n) is 8.29. The lowest BCUT2D eigenvalue weighted by molar-refractivity contribution is -0.139. The molecular weight excluding hydrogens is 384 g/mol. The average molecular weight is 404 g/mol. The van der Waals surface area contributed by atoms with Crippen molar-refractivity contribution in [3.05, 3.63) is 113 Å². The summed E-state index contributed by atoms with van der Waals surface area (Å²) in [6.07, 6.45) is 5.19. The molecule has 2 atom stereocenters. The number of hydrazone groups is 1. The van der Waals surface area contributed by atoms with Crippen molar-refractivity contribution in [2.24, 2.45) is 16.9 Å². The van der Waals surface area contributed by atoms with Crippen molar-refractivity contribution < 1.29 is 9.59 Å². The fourth-order valence-electron chi connectivity index (χ4n) is 5.60. The molecule has 4 nitrogen and oxygen atoms in total. The summed E-state index contributed by atoms with van der Waals surface area (Å²) in [6, 6.07) is 26.3. The summed E-state index contributed by atoms with van der Waals surface area (Å²) in [5.74, 6) is -1.37. The Morgan fingerprint density at radius 3 is 1.58 bits per heavy atom. The van der Waals surface area contributed by atoms with Gasteiger partial charge in [0.25, 0.3) is 11.8 Å². The van der Waals surface area contributed by atoms with Gasteiger partial charge in [-0.15, -0.1) is 0 Å². The molecule has 31 heavy (non-hydrogen) atoms. The van der Waals surface area contributed by atoms with Gasteiger partial charge in [-0.25, -0.2) is 0 Å². The number of hydrogen-bond acceptors (Lipinski definition) is 3. The number of amides is 2. The maximum absolute atomic E-state index is 13.4. The Labute approximate surface area is 180 Å². The summed E-state index contributed by atoms with van der Waals surface area (Å²) < 4.78 is 0. The van der Waals surface area contributed by atoms with E-state index in [1.807, 2.05) is 60.7 Å². The van der Waals surface area contributed by atoms with Crippen LogP contribution < -0.4 is 0 Å². The van der Waals surface area contributed by atoms with Gasteiger partial charge in [-0.1, -0.05) is 84.9 Å². The van der Waals surface area contributed by atoms with Crippen molar-refractivity contribution >= 4 is 24.1 Å². The number of nitrogens with zero attached hydrogens (tertiary/aromatic N) is 2. The molecule has 150 valence electrons. The zero-order valence-corrected chi connectivity index (χ0v) is 16.8. The zero-order valence-electron chi connectivity index (χ0n) is 16.8. The minimum atomic E-state index is -0.391. The van der Waals surface area contributed by atoms with E-state index in [0.29, 0.717) is 0 Å². The number of imide groups is 1. The molecule has 0 unspecified atom stereocenters. The smallest absolute Gasteiger partial charge is 0.254 e. The highest BCUT2D eigenvalue weighted by molar-refractivity contribution is 6.08. The van der Waals surface area contributed by atoms with E-state index in [9.17, 15) is 9.59 Å². The summed E-state index contributed by atoms with van der Waals surface area (Å²) in [5.41, 5.74) is 5.71. The normalized spacial score (nSPS) is 25.9. The molecule has 0 radical (unpaired) electrons. The van der Waals surface area contributed by atoms with E-state index in [-0.39, 0.29) is 23.7 Å². The predicted octanol–water partition coefficient (Wildman–Crippen LogP) is 4.58. The number of rotatable bonds is 3. The maximum Gasteiger partial charge on any atom is 0.254 e. The molecule has 1 aliphatic heterocycles. The van der Waals surface area contributed by atoms with Crippen LogP contribution in [-0.2, 0) is 9.59 Å². The first-order valence-corrected chi connectivity index (χ1v) is 10.6. The molecule has 3 aromatic rings. The first-order chi connectivity index (χ1) is 15.3. The maximum atomic E-state index is 13.4. The number of allylic oxidation sites excluding steroid dienone is 1. The van der Waals surface area contributed by atoms with E-state index >= 15 is 0 Å². The summed E-state index contributed by atoms with van der Waals surface area (Å²) in [6.45, 7) is 0. The van der Waals surface area contributed by atoms with Crippen molar-refractivity contribution in [2.45, 2.75) is 11.8 Å². The van der Waals surface area contributed by atoms with Gasteiger partial charge in [-0.05, 0) is 33.9 Å².